The Bertz CT molecular complexity index is 1080. The molecule has 0 aliphatic carbocycles. The van der Waals surface area contributed by atoms with E-state index >= 15 is 0 Å². The second-order valence-electron chi connectivity index (χ2n) is 6.87. The number of aromatic nitrogens is 3. The van der Waals surface area contributed by atoms with E-state index < -0.39 is 0 Å². The summed E-state index contributed by atoms with van der Waals surface area (Å²) in [7, 11) is 0. The summed E-state index contributed by atoms with van der Waals surface area (Å²) in [5.74, 6) is -0.145. The van der Waals surface area contributed by atoms with Crippen LogP contribution in [-0.4, -0.2) is 27.2 Å². The highest BCUT2D eigenvalue weighted by Gasteiger charge is 2.16. The van der Waals surface area contributed by atoms with Gasteiger partial charge < -0.3 is 5.32 Å². The van der Waals surface area contributed by atoms with Crippen molar-refractivity contribution in [3.8, 4) is 0 Å². The third-order valence-corrected chi connectivity index (χ3v) is 4.77. The van der Waals surface area contributed by atoms with Crippen LogP contribution in [0.25, 0.3) is 10.9 Å². The molecule has 0 atom stereocenters. The monoisotopic (exact) mass is 370 g/mol. The van der Waals surface area contributed by atoms with Crippen molar-refractivity contribution in [1.29, 1.82) is 0 Å². The molecule has 0 saturated heterocycles. The van der Waals surface area contributed by atoms with Crippen molar-refractivity contribution in [3.63, 3.8) is 0 Å². The molecule has 1 N–H and O–H groups in total. The van der Waals surface area contributed by atoms with Crippen LogP contribution in [-0.2, 0) is 13.0 Å². The summed E-state index contributed by atoms with van der Waals surface area (Å²) in [4.78, 5) is 16.8. The average molecular weight is 370 g/mol. The second kappa shape index (κ2) is 8.05. The van der Waals surface area contributed by atoms with Gasteiger partial charge in [0.15, 0.2) is 5.69 Å². The van der Waals surface area contributed by atoms with E-state index in [2.05, 4.69) is 46.6 Å². The first-order chi connectivity index (χ1) is 13.7. The maximum absolute atomic E-state index is 12.8. The third-order valence-electron chi connectivity index (χ3n) is 4.77. The van der Waals surface area contributed by atoms with Gasteiger partial charge >= 0.3 is 0 Å². The number of hydrogen-bond acceptors (Lipinski definition) is 3. The Morgan fingerprint density at radius 2 is 1.71 bits per heavy atom. The Morgan fingerprint density at radius 1 is 0.964 bits per heavy atom. The van der Waals surface area contributed by atoms with Crippen molar-refractivity contribution >= 4 is 16.8 Å². The number of aryl methyl sites for hydroxylation is 1. The zero-order valence-electron chi connectivity index (χ0n) is 15.8. The van der Waals surface area contributed by atoms with E-state index in [1.807, 2.05) is 41.1 Å². The van der Waals surface area contributed by atoms with Crippen molar-refractivity contribution in [1.82, 2.24) is 20.1 Å². The quantitative estimate of drug-likeness (QED) is 0.562. The van der Waals surface area contributed by atoms with Crippen LogP contribution in [0.15, 0.2) is 73.1 Å². The zero-order chi connectivity index (χ0) is 19.3. The Hall–Kier alpha value is -3.47. The Morgan fingerprint density at radius 3 is 2.50 bits per heavy atom. The van der Waals surface area contributed by atoms with E-state index in [4.69, 9.17) is 0 Å². The molecule has 0 aliphatic heterocycles. The van der Waals surface area contributed by atoms with Crippen LogP contribution in [0.3, 0.4) is 0 Å². The largest absolute Gasteiger partial charge is 0.350 e. The van der Waals surface area contributed by atoms with Crippen LogP contribution in [0.1, 0.15) is 27.2 Å². The number of carbonyl (C=O) groups is 1. The third kappa shape index (κ3) is 3.93. The molecule has 0 bridgehead atoms. The highest BCUT2D eigenvalue weighted by molar-refractivity contribution is 6.04. The predicted octanol–water partition coefficient (Wildman–Crippen LogP) is 3.76. The molecule has 2 heterocycles. The van der Waals surface area contributed by atoms with E-state index in [-0.39, 0.29) is 5.91 Å². The van der Waals surface area contributed by atoms with Gasteiger partial charge in [-0.05, 0) is 42.7 Å². The number of nitrogens with one attached hydrogen (secondary N) is 1. The molecule has 4 rings (SSSR count). The summed E-state index contributed by atoms with van der Waals surface area (Å²) >= 11 is 0. The van der Waals surface area contributed by atoms with Crippen LogP contribution in [0.2, 0.25) is 0 Å². The average Bonchev–Trinajstić information content (AvgIpc) is 3.09. The number of carbonyl (C=O) groups excluding carboxylic acids is 1. The molecule has 140 valence electrons. The van der Waals surface area contributed by atoms with Crippen molar-refractivity contribution in [2.75, 3.05) is 6.54 Å². The highest BCUT2D eigenvalue weighted by Crippen LogP contribution is 2.20. The van der Waals surface area contributed by atoms with Gasteiger partial charge in [-0.2, -0.15) is 5.10 Å². The van der Waals surface area contributed by atoms with Crippen LogP contribution >= 0.6 is 0 Å². The number of amides is 1. The molecule has 0 spiro atoms. The van der Waals surface area contributed by atoms with Gasteiger partial charge in [0.05, 0.1) is 12.1 Å². The summed E-state index contributed by atoms with van der Waals surface area (Å²) in [6.45, 7) is 3.26. The van der Waals surface area contributed by atoms with Crippen LogP contribution in [0, 0.1) is 6.92 Å². The summed E-state index contributed by atoms with van der Waals surface area (Å²) in [6.07, 6.45) is 4.28. The molecule has 5 nitrogen and oxygen atoms in total. The van der Waals surface area contributed by atoms with Gasteiger partial charge in [0, 0.05) is 24.3 Å². The van der Waals surface area contributed by atoms with Crippen molar-refractivity contribution in [2.45, 2.75) is 19.9 Å². The number of pyridine rings is 1. The van der Waals surface area contributed by atoms with Gasteiger partial charge in [0.2, 0.25) is 0 Å². The molecule has 2 aromatic carbocycles. The van der Waals surface area contributed by atoms with Gasteiger partial charge in [0.1, 0.15) is 0 Å². The van der Waals surface area contributed by atoms with Crippen molar-refractivity contribution < 1.29 is 4.79 Å². The van der Waals surface area contributed by atoms with E-state index in [9.17, 15) is 4.79 Å². The van der Waals surface area contributed by atoms with Gasteiger partial charge in [-0.1, -0.05) is 48.0 Å². The fourth-order valence-corrected chi connectivity index (χ4v) is 3.24. The maximum Gasteiger partial charge on any atom is 0.272 e. The number of nitrogens with zero attached hydrogens (tertiary/aromatic N) is 3. The van der Waals surface area contributed by atoms with E-state index in [1.54, 1.807) is 12.4 Å². The molecule has 0 unspecified atom stereocenters. The summed E-state index contributed by atoms with van der Waals surface area (Å²) in [5, 5.41) is 8.49. The molecule has 4 aromatic rings. The Kier molecular flexibility index (Phi) is 5.15. The lowest BCUT2D eigenvalue weighted by Gasteiger charge is -2.05. The van der Waals surface area contributed by atoms with Gasteiger partial charge in [-0.15, -0.1) is 0 Å². The lowest BCUT2D eigenvalue weighted by molar-refractivity contribution is 0.0950. The van der Waals surface area contributed by atoms with E-state index in [1.165, 1.54) is 5.56 Å². The molecule has 2 aromatic heterocycles. The zero-order valence-corrected chi connectivity index (χ0v) is 15.8. The number of benzene rings is 2. The first-order valence-corrected chi connectivity index (χ1v) is 9.39. The summed E-state index contributed by atoms with van der Waals surface area (Å²) in [6, 6.07) is 20.2. The minimum Gasteiger partial charge on any atom is -0.350 e. The normalized spacial score (nSPS) is 10.9. The SMILES string of the molecule is Cc1ccc(Cn2nc(C(=O)NCCc3ccncc3)c3ccccc32)cc1. The molecule has 5 heteroatoms. The lowest BCUT2D eigenvalue weighted by Crippen LogP contribution is -2.26. The number of rotatable bonds is 6. The van der Waals surface area contributed by atoms with Crippen LogP contribution in [0.4, 0.5) is 0 Å². The van der Waals surface area contributed by atoms with Crippen LogP contribution in [0.5, 0.6) is 0 Å². The minimum atomic E-state index is -0.145. The van der Waals surface area contributed by atoms with Crippen molar-refractivity contribution in [3.05, 3.63) is 95.4 Å². The number of hydrogen-bond donors (Lipinski definition) is 1. The minimum absolute atomic E-state index is 0.145. The van der Waals surface area contributed by atoms with E-state index in [0.29, 0.717) is 18.8 Å². The first-order valence-electron chi connectivity index (χ1n) is 9.39. The summed E-state index contributed by atoms with van der Waals surface area (Å²) < 4.78 is 1.90. The molecule has 0 aliphatic rings. The summed E-state index contributed by atoms with van der Waals surface area (Å²) in [5.41, 5.74) is 4.96. The van der Waals surface area contributed by atoms with Gasteiger partial charge in [-0.25, -0.2) is 0 Å². The van der Waals surface area contributed by atoms with Crippen molar-refractivity contribution in [2.24, 2.45) is 0 Å². The fourth-order valence-electron chi connectivity index (χ4n) is 3.24. The number of para-hydroxylation sites is 1. The van der Waals surface area contributed by atoms with Gasteiger partial charge in [0.25, 0.3) is 5.91 Å². The fraction of sp³-hybridized carbons (Fsp3) is 0.174. The topological polar surface area (TPSA) is 59.8 Å². The molecule has 0 fully saturated rings. The Balaban J connectivity index is 1.53. The standard InChI is InChI=1S/C23H22N4O/c1-17-6-8-19(9-7-17)16-27-21-5-3-2-4-20(21)22(26-27)23(28)25-15-12-18-10-13-24-14-11-18/h2-11,13-14H,12,15-16H2,1H3,(H,25,28). The molecular formula is C23H22N4O. The molecule has 28 heavy (non-hydrogen) atoms. The Labute approximate surface area is 164 Å². The molecule has 0 radical (unpaired) electrons. The predicted molar refractivity (Wildman–Crippen MR) is 110 cm³/mol. The second-order valence-corrected chi connectivity index (χ2v) is 6.87. The first kappa shape index (κ1) is 17.9. The van der Waals surface area contributed by atoms with E-state index in [0.717, 1.165) is 28.5 Å². The highest BCUT2D eigenvalue weighted by atomic mass is 16.1. The van der Waals surface area contributed by atoms with Crippen LogP contribution < -0.4 is 5.32 Å². The molecule has 0 saturated carbocycles. The smallest absolute Gasteiger partial charge is 0.272 e. The molecule has 1 amide bonds. The number of fused-ring (bicyclic) bond motifs is 1. The maximum atomic E-state index is 12.8. The molecular weight excluding hydrogens is 348 g/mol. The van der Waals surface area contributed by atoms with Gasteiger partial charge in [-0.3, -0.25) is 14.5 Å². The lowest BCUT2D eigenvalue weighted by atomic mass is 10.1.